The summed E-state index contributed by atoms with van der Waals surface area (Å²) in [5.74, 6) is -1.26. The highest BCUT2D eigenvalue weighted by Crippen LogP contribution is 2.24. The molecule has 102 valence electrons. The van der Waals surface area contributed by atoms with Gasteiger partial charge in [-0.2, -0.15) is 8.78 Å². The molecule has 0 aliphatic heterocycles. The molecule has 1 N–H and O–H groups in total. The Morgan fingerprint density at radius 2 is 2.11 bits per heavy atom. The van der Waals surface area contributed by atoms with Crippen molar-refractivity contribution in [1.82, 2.24) is 0 Å². The molecule has 0 unspecified atom stereocenters. The van der Waals surface area contributed by atoms with E-state index in [1.807, 2.05) is 18.4 Å². The molecule has 0 aliphatic rings. The van der Waals surface area contributed by atoms with Crippen molar-refractivity contribution in [2.24, 2.45) is 0 Å². The molecule has 0 spiro atoms. The van der Waals surface area contributed by atoms with Gasteiger partial charge in [0.15, 0.2) is 11.6 Å². The summed E-state index contributed by atoms with van der Waals surface area (Å²) < 4.78 is 41.4. The molecule has 2 aromatic rings. The number of anilines is 1. The quantitative estimate of drug-likeness (QED) is 0.879. The van der Waals surface area contributed by atoms with Gasteiger partial charge >= 0.3 is 6.61 Å². The maximum absolute atomic E-state index is 13.5. The number of hydrogen-bond acceptors (Lipinski definition) is 3. The predicted molar refractivity (Wildman–Crippen MR) is 69.4 cm³/mol. The summed E-state index contributed by atoms with van der Waals surface area (Å²) in [5.41, 5.74) is 1.68. The minimum Gasteiger partial charge on any atom is -0.432 e. The Bertz CT molecular complexity index is 557. The highest BCUT2D eigenvalue weighted by atomic mass is 32.1. The van der Waals surface area contributed by atoms with Crippen LogP contribution in [-0.2, 0) is 6.54 Å². The normalized spacial score (nSPS) is 10.8. The molecule has 6 heteroatoms. The molecule has 0 saturated carbocycles. The van der Waals surface area contributed by atoms with E-state index in [0.29, 0.717) is 12.2 Å². The van der Waals surface area contributed by atoms with Gasteiger partial charge in [0, 0.05) is 23.2 Å². The number of ether oxygens (including phenoxy) is 1. The Labute approximate surface area is 112 Å². The van der Waals surface area contributed by atoms with Crippen molar-refractivity contribution in [1.29, 1.82) is 0 Å². The molecule has 0 amide bonds. The fourth-order valence-electron chi connectivity index (χ4n) is 1.57. The molecule has 2 nitrogen and oxygen atoms in total. The van der Waals surface area contributed by atoms with Crippen LogP contribution >= 0.6 is 11.3 Å². The summed E-state index contributed by atoms with van der Waals surface area (Å²) in [6.45, 7) is -0.465. The zero-order chi connectivity index (χ0) is 13.8. The minimum atomic E-state index is -3.03. The number of hydrogen-bond donors (Lipinski definition) is 1. The summed E-state index contributed by atoms with van der Waals surface area (Å²) in [6.07, 6.45) is 0. The van der Waals surface area contributed by atoms with Crippen LogP contribution in [0, 0.1) is 12.7 Å². The van der Waals surface area contributed by atoms with Crippen LogP contribution in [0.4, 0.5) is 18.9 Å². The van der Waals surface area contributed by atoms with Gasteiger partial charge in [0.05, 0.1) is 0 Å². The van der Waals surface area contributed by atoms with E-state index in [0.717, 1.165) is 16.5 Å². The lowest BCUT2D eigenvalue weighted by Crippen LogP contribution is -2.04. The predicted octanol–water partition coefficient (Wildman–Crippen LogP) is 4.41. The molecule has 19 heavy (non-hydrogen) atoms. The first-order valence-electron chi connectivity index (χ1n) is 5.57. The van der Waals surface area contributed by atoms with E-state index in [4.69, 9.17) is 0 Å². The molecule has 0 fully saturated rings. The van der Waals surface area contributed by atoms with Crippen LogP contribution < -0.4 is 10.1 Å². The molecule has 0 saturated heterocycles. The monoisotopic (exact) mass is 287 g/mol. The number of thiophene rings is 1. The van der Waals surface area contributed by atoms with E-state index in [1.165, 1.54) is 12.1 Å². The second-order valence-corrected chi connectivity index (χ2v) is 4.90. The molecule has 1 aromatic carbocycles. The largest absolute Gasteiger partial charge is 0.432 e. The topological polar surface area (TPSA) is 21.3 Å². The van der Waals surface area contributed by atoms with Crippen LogP contribution in [0.1, 0.15) is 10.4 Å². The van der Waals surface area contributed by atoms with Crippen LogP contribution in [0.15, 0.2) is 29.6 Å². The third kappa shape index (κ3) is 3.64. The van der Waals surface area contributed by atoms with Crippen LogP contribution in [-0.4, -0.2) is 6.61 Å². The average molecular weight is 287 g/mol. The maximum atomic E-state index is 13.5. The number of halogens is 3. The Morgan fingerprint density at radius 1 is 1.32 bits per heavy atom. The Hall–Kier alpha value is -1.69. The van der Waals surface area contributed by atoms with Crippen molar-refractivity contribution in [2.45, 2.75) is 20.1 Å². The van der Waals surface area contributed by atoms with Crippen LogP contribution in [0.25, 0.3) is 0 Å². The second-order valence-electron chi connectivity index (χ2n) is 3.90. The van der Waals surface area contributed by atoms with Crippen molar-refractivity contribution in [2.75, 3.05) is 5.32 Å². The van der Waals surface area contributed by atoms with Gasteiger partial charge in [-0.15, -0.1) is 11.3 Å². The zero-order valence-corrected chi connectivity index (χ0v) is 10.9. The van der Waals surface area contributed by atoms with Gasteiger partial charge in [0.2, 0.25) is 0 Å². The first-order chi connectivity index (χ1) is 9.06. The van der Waals surface area contributed by atoms with E-state index in [9.17, 15) is 13.2 Å². The SMILES string of the molecule is Cc1ccsc1CNc1ccc(OC(F)F)c(F)c1. The molecule has 0 aliphatic carbocycles. The van der Waals surface area contributed by atoms with E-state index < -0.39 is 18.2 Å². The van der Waals surface area contributed by atoms with Gasteiger partial charge in [-0.3, -0.25) is 0 Å². The zero-order valence-electron chi connectivity index (χ0n) is 10.1. The van der Waals surface area contributed by atoms with E-state index in [-0.39, 0.29) is 0 Å². The standard InChI is InChI=1S/C13H12F3NOS/c1-8-4-5-19-12(8)7-17-9-2-3-11(10(14)6-9)18-13(15)16/h2-6,13,17H,7H2,1H3. The number of rotatable bonds is 5. The van der Waals surface area contributed by atoms with E-state index in [2.05, 4.69) is 10.1 Å². The minimum absolute atomic E-state index is 0.451. The van der Waals surface area contributed by atoms with E-state index >= 15 is 0 Å². The van der Waals surface area contributed by atoms with Crippen molar-refractivity contribution < 1.29 is 17.9 Å². The lowest BCUT2D eigenvalue weighted by Gasteiger charge is -2.09. The third-order valence-electron chi connectivity index (χ3n) is 2.57. The van der Waals surface area contributed by atoms with Crippen LogP contribution in [0.2, 0.25) is 0 Å². The van der Waals surface area contributed by atoms with Gasteiger partial charge in [0.1, 0.15) is 0 Å². The fraction of sp³-hybridized carbons (Fsp3) is 0.231. The molecule has 1 aromatic heterocycles. The summed E-state index contributed by atoms with van der Waals surface area (Å²) >= 11 is 1.60. The first kappa shape index (κ1) is 13.7. The summed E-state index contributed by atoms with van der Waals surface area (Å²) in [7, 11) is 0. The second kappa shape index (κ2) is 5.97. The average Bonchev–Trinajstić information content (AvgIpc) is 2.75. The summed E-state index contributed by atoms with van der Waals surface area (Å²) in [5, 5.41) is 5.02. The smallest absolute Gasteiger partial charge is 0.387 e. The summed E-state index contributed by atoms with van der Waals surface area (Å²) in [6, 6.07) is 5.83. The van der Waals surface area contributed by atoms with Crippen LogP contribution in [0.5, 0.6) is 5.75 Å². The molecule has 2 rings (SSSR count). The third-order valence-corrected chi connectivity index (χ3v) is 3.59. The van der Waals surface area contributed by atoms with Crippen molar-refractivity contribution in [3.63, 3.8) is 0 Å². The highest BCUT2D eigenvalue weighted by molar-refractivity contribution is 7.10. The van der Waals surface area contributed by atoms with E-state index in [1.54, 1.807) is 11.3 Å². The number of benzene rings is 1. The molecule has 0 radical (unpaired) electrons. The highest BCUT2D eigenvalue weighted by Gasteiger charge is 2.10. The van der Waals surface area contributed by atoms with Gasteiger partial charge in [0.25, 0.3) is 0 Å². The molecule has 1 heterocycles. The molecule has 0 atom stereocenters. The summed E-state index contributed by atoms with van der Waals surface area (Å²) in [4.78, 5) is 1.15. The Morgan fingerprint density at radius 3 is 2.68 bits per heavy atom. The number of aryl methyl sites for hydroxylation is 1. The van der Waals surface area contributed by atoms with Gasteiger partial charge < -0.3 is 10.1 Å². The van der Waals surface area contributed by atoms with Gasteiger partial charge in [-0.25, -0.2) is 4.39 Å². The van der Waals surface area contributed by atoms with Crippen molar-refractivity contribution >= 4 is 17.0 Å². The molecular formula is C13H12F3NOS. The molecular weight excluding hydrogens is 275 g/mol. The van der Waals surface area contributed by atoms with Gasteiger partial charge in [-0.05, 0) is 36.1 Å². The van der Waals surface area contributed by atoms with Crippen molar-refractivity contribution in [3.8, 4) is 5.75 Å². The number of nitrogens with one attached hydrogen (secondary N) is 1. The van der Waals surface area contributed by atoms with Crippen LogP contribution in [0.3, 0.4) is 0 Å². The maximum Gasteiger partial charge on any atom is 0.387 e. The Balaban J connectivity index is 2.02. The Kier molecular flexibility index (Phi) is 4.31. The lowest BCUT2D eigenvalue weighted by molar-refractivity contribution is -0.0521. The van der Waals surface area contributed by atoms with Crippen molar-refractivity contribution in [3.05, 3.63) is 45.9 Å². The first-order valence-corrected chi connectivity index (χ1v) is 6.45. The number of alkyl halides is 2. The molecule has 0 bridgehead atoms. The van der Waals surface area contributed by atoms with Gasteiger partial charge in [-0.1, -0.05) is 0 Å². The lowest BCUT2D eigenvalue weighted by atomic mass is 10.2. The fourth-order valence-corrected chi connectivity index (χ4v) is 2.42.